The number of allylic oxidation sites excluding steroid dienone is 3. The van der Waals surface area contributed by atoms with E-state index in [-0.39, 0.29) is 0 Å². The molecule has 0 fully saturated rings. The molecule has 100 valence electrons. The Morgan fingerprint density at radius 3 is 2.42 bits per heavy atom. The van der Waals surface area contributed by atoms with E-state index < -0.39 is 0 Å². The fourth-order valence-electron chi connectivity index (χ4n) is 1.65. The quantitative estimate of drug-likeness (QED) is 0.428. The second-order valence-corrected chi connectivity index (χ2v) is 4.27. The molecule has 0 heterocycles. The van der Waals surface area contributed by atoms with Gasteiger partial charge in [-0.15, -0.1) is 0 Å². The average Bonchev–Trinajstić information content (AvgIpc) is 2.47. The summed E-state index contributed by atoms with van der Waals surface area (Å²) in [6, 6.07) is 9.65. The summed E-state index contributed by atoms with van der Waals surface area (Å²) in [4.78, 5) is 0. The van der Waals surface area contributed by atoms with Gasteiger partial charge < -0.3 is 10.7 Å². The summed E-state index contributed by atoms with van der Waals surface area (Å²) in [6.45, 7) is 4.01. The Bertz CT molecular complexity index is 518. The van der Waals surface area contributed by atoms with E-state index in [0.717, 1.165) is 29.0 Å². The number of hydrazine groups is 1. The largest absolute Gasteiger partial charge is 0.391 e. The highest BCUT2D eigenvalue weighted by Crippen LogP contribution is 2.11. The van der Waals surface area contributed by atoms with Crippen molar-refractivity contribution in [2.24, 2.45) is 5.84 Å². The summed E-state index contributed by atoms with van der Waals surface area (Å²) in [5.41, 5.74) is 7.59. The van der Waals surface area contributed by atoms with E-state index in [1.807, 2.05) is 51.2 Å². The highest BCUT2D eigenvalue weighted by molar-refractivity contribution is 5.35. The zero-order chi connectivity index (χ0) is 14.3. The molecular formula is C15H20N4. The van der Waals surface area contributed by atoms with Gasteiger partial charge in [-0.2, -0.15) is 5.26 Å². The molecule has 0 spiro atoms. The molecule has 0 unspecified atom stereocenters. The topological polar surface area (TPSA) is 73.9 Å². The van der Waals surface area contributed by atoms with Gasteiger partial charge in [0.2, 0.25) is 0 Å². The summed E-state index contributed by atoms with van der Waals surface area (Å²) in [5.74, 6) is 5.55. The molecule has 0 saturated heterocycles. The SMILES string of the molecule is CN/C(C)=C(C)/C(=C/Cc1ccc(C#N)cc1)NN. The van der Waals surface area contributed by atoms with Crippen LogP contribution in [0.5, 0.6) is 0 Å². The Kier molecular flexibility index (Phi) is 5.65. The third kappa shape index (κ3) is 4.16. The van der Waals surface area contributed by atoms with E-state index in [1.54, 1.807) is 0 Å². The smallest absolute Gasteiger partial charge is 0.0991 e. The Morgan fingerprint density at radius 1 is 1.32 bits per heavy atom. The monoisotopic (exact) mass is 256 g/mol. The minimum atomic E-state index is 0.673. The van der Waals surface area contributed by atoms with E-state index in [0.29, 0.717) is 5.56 Å². The lowest BCUT2D eigenvalue weighted by Gasteiger charge is -2.11. The maximum atomic E-state index is 8.74. The summed E-state index contributed by atoms with van der Waals surface area (Å²) >= 11 is 0. The first-order valence-electron chi connectivity index (χ1n) is 6.13. The van der Waals surface area contributed by atoms with Crippen LogP contribution in [0.4, 0.5) is 0 Å². The van der Waals surface area contributed by atoms with Crippen LogP contribution in [0.15, 0.2) is 47.3 Å². The Morgan fingerprint density at radius 2 is 1.95 bits per heavy atom. The number of nitrogens with zero attached hydrogens (tertiary/aromatic N) is 1. The lowest BCUT2D eigenvalue weighted by atomic mass is 10.1. The molecule has 19 heavy (non-hydrogen) atoms. The summed E-state index contributed by atoms with van der Waals surface area (Å²) in [6.07, 6.45) is 2.80. The summed E-state index contributed by atoms with van der Waals surface area (Å²) in [5, 5.41) is 11.8. The highest BCUT2D eigenvalue weighted by atomic mass is 15.2. The highest BCUT2D eigenvalue weighted by Gasteiger charge is 2.01. The van der Waals surface area contributed by atoms with Gasteiger partial charge in [-0.25, -0.2) is 0 Å². The molecule has 1 rings (SSSR count). The van der Waals surface area contributed by atoms with Gasteiger partial charge in [-0.3, -0.25) is 5.84 Å². The first kappa shape index (κ1) is 14.8. The van der Waals surface area contributed by atoms with Crippen molar-refractivity contribution in [3.8, 4) is 6.07 Å². The second-order valence-electron chi connectivity index (χ2n) is 4.27. The van der Waals surface area contributed by atoms with Crippen LogP contribution in [-0.2, 0) is 6.42 Å². The lowest BCUT2D eigenvalue weighted by Crippen LogP contribution is -2.23. The standard InChI is InChI=1S/C15H20N4/c1-11(12(2)18-3)15(19-17)9-8-13-4-6-14(10-16)7-5-13/h4-7,9,18-19H,8,17H2,1-3H3/b12-11+,15-9-. The van der Waals surface area contributed by atoms with Gasteiger partial charge in [0.25, 0.3) is 0 Å². The predicted octanol–water partition coefficient (Wildman–Crippen LogP) is 1.96. The van der Waals surface area contributed by atoms with Gasteiger partial charge in [0.15, 0.2) is 0 Å². The number of rotatable bonds is 5. The molecule has 0 bridgehead atoms. The zero-order valence-corrected chi connectivity index (χ0v) is 11.6. The number of hydrogen-bond acceptors (Lipinski definition) is 4. The molecule has 0 saturated carbocycles. The van der Waals surface area contributed by atoms with Crippen molar-refractivity contribution in [2.75, 3.05) is 7.05 Å². The average molecular weight is 256 g/mol. The number of hydrogen-bond donors (Lipinski definition) is 3. The van der Waals surface area contributed by atoms with Crippen molar-refractivity contribution in [1.82, 2.24) is 10.7 Å². The maximum absolute atomic E-state index is 8.74. The normalized spacial score (nSPS) is 12.5. The van der Waals surface area contributed by atoms with Crippen LogP contribution in [0.1, 0.15) is 25.0 Å². The molecular weight excluding hydrogens is 236 g/mol. The van der Waals surface area contributed by atoms with Crippen LogP contribution in [0.25, 0.3) is 0 Å². The van der Waals surface area contributed by atoms with Crippen LogP contribution < -0.4 is 16.6 Å². The Labute approximate surface area is 114 Å². The second kappa shape index (κ2) is 7.24. The molecule has 0 radical (unpaired) electrons. The molecule has 4 nitrogen and oxygen atoms in total. The number of benzene rings is 1. The molecule has 1 aromatic rings. The molecule has 0 amide bonds. The summed E-state index contributed by atoms with van der Waals surface area (Å²) < 4.78 is 0. The van der Waals surface area contributed by atoms with Crippen LogP contribution in [0, 0.1) is 11.3 Å². The van der Waals surface area contributed by atoms with Gasteiger partial charge in [0.05, 0.1) is 11.6 Å². The van der Waals surface area contributed by atoms with Crippen molar-refractivity contribution in [3.05, 3.63) is 58.4 Å². The van der Waals surface area contributed by atoms with E-state index >= 15 is 0 Å². The Balaban J connectivity index is 2.86. The van der Waals surface area contributed by atoms with E-state index in [2.05, 4.69) is 16.8 Å². The number of nitriles is 1. The molecule has 4 N–H and O–H groups in total. The lowest BCUT2D eigenvalue weighted by molar-refractivity contribution is 0.859. The number of nitrogens with one attached hydrogen (secondary N) is 2. The predicted molar refractivity (Wildman–Crippen MR) is 77.7 cm³/mol. The fraction of sp³-hybridized carbons (Fsp3) is 0.267. The fourth-order valence-corrected chi connectivity index (χ4v) is 1.65. The molecule has 0 aliphatic carbocycles. The minimum absolute atomic E-state index is 0.673. The first-order chi connectivity index (χ1) is 9.12. The van der Waals surface area contributed by atoms with Crippen molar-refractivity contribution in [3.63, 3.8) is 0 Å². The van der Waals surface area contributed by atoms with Crippen LogP contribution in [0.2, 0.25) is 0 Å². The van der Waals surface area contributed by atoms with Crippen molar-refractivity contribution in [1.29, 1.82) is 5.26 Å². The molecule has 0 aliphatic heterocycles. The van der Waals surface area contributed by atoms with Gasteiger partial charge in [-0.05, 0) is 43.5 Å². The Hall–Kier alpha value is -2.25. The van der Waals surface area contributed by atoms with Gasteiger partial charge in [0.1, 0.15) is 0 Å². The van der Waals surface area contributed by atoms with E-state index in [1.165, 1.54) is 0 Å². The summed E-state index contributed by atoms with van der Waals surface area (Å²) in [7, 11) is 1.88. The van der Waals surface area contributed by atoms with Gasteiger partial charge in [-0.1, -0.05) is 18.2 Å². The molecule has 4 heteroatoms. The van der Waals surface area contributed by atoms with Crippen LogP contribution in [0.3, 0.4) is 0 Å². The zero-order valence-electron chi connectivity index (χ0n) is 11.6. The van der Waals surface area contributed by atoms with Gasteiger partial charge in [0, 0.05) is 18.4 Å². The maximum Gasteiger partial charge on any atom is 0.0991 e. The molecule has 0 atom stereocenters. The third-order valence-corrected chi connectivity index (χ3v) is 3.12. The van der Waals surface area contributed by atoms with Crippen molar-refractivity contribution >= 4 is 0 Å². The van der Waals surface area contributed by atoms with Crippen LogP contribution in [-0.4, -0.2) is 7.05 Å². The van der Waals surface area contributed by atoms with Crippen molar-refractivity contribution in [2.45, 2.75) is 20.3 Å². The van der Waals surface area contributed by atoms with E-state index in [9.17, 15) is 0 Å². The molecule has 1 aromatic carbocycles. The van der Waals surface area contributed by atoms with Gasteiger partial charge >= 0.3 is 0 Å². The van der Waals surface area contributed by atoms with Crippen molar-refractivity contribution < 1.29 is 0 Å². The molecule has 0 aromatic heterocycles. The minimum Gasteiger partial charge on any atom is -0.391 e. The number of nitrogens with two attached hydrogens (primary N) is 1. The van der Waals surface area contributed by atoms with Crippen LogP contribution >= 0.6 is 0 Å². The first-order valence-corrected chi connectivity index (χ1v) is 6.13. The molecule has 0 aliphatic rings. The third-order valence-electron chi connectivity index (χ3n) is 3.12. The van der Waals surface area contributed by atoms with E-state index in [4.69, 9.17) is 11.1 Å².